The van der Waals surface area contributed by atoms with E-state index in [4.69, 9.17) is 9.97 Å². The summed E-state index contributed by atoms with van der Waals surface area (Å²) in [7, 11) is 0. The summed E-state index contributed by atoms with van der Waals surface area (Å²) in [5.74, 6) is 0.376. The lowest BCUT2D eigenvalue weighted by Crippen LogP contribution is -2.49. The minimum Gasteiger partial charge on any atom is -0.366 e. The first-order valence-corrected chi connectivity index (χ1v) is 13.1. The van der Waals surface area contributed by atoms with Crippen LogP contribution < -0.4 is 16.0 Å². The lowest BCUT2D eigenvalue weighted by Gasteiger charge is -2.40. The molecule has 2 aliphatic rings. The Bertz CT molecular complexity index is 1490. The summed E-state index contributed by atoms with van der Waals surface area (Å²) in [5.41, 5.74) is 2.69. The van der Waals surface area contributed by atoms with Gasteiger partial charge in [0, 0.05) is 35.9 Å². The number of piperidine rings is 1. The van der Waals surface area contributed by atoms with Crippen molar-refractivity contribution in [3.05, 3.63) is 60.2 Å². The number of aromatic nitrogens is 5. The smallest absolute Gasteiger partial charge is 0.214 e. The van der Waals surface area contributed by atoms with Crippen molar-refractivity contribution < 1.29 is 8.78 Å². The van der Waals surface area contributed by atoms with Gasteiger partial charge in [0.05, 0.1) is 11.7 Å². The highest BCUT2D eigenvalue weighted by Crippen LogP contribution is 2.42. The monoisotopic (exact) mass is 516 g/mol. The van der Waals surface area contributed by atoms with Gasteiger partial charge in [0.2, 0.25) is 5.95 Å². The number of halogens is 2. The summed E-state index contributed by atoms with van der Waals surface area (Å²) < 4.78 is 27.7. The zero-order chi connectivity index (χ0) is 26.3. The van der Waals surface area contributed by atoms with Crippen LogP contribution in [0.15, 0.2) is 42.9 Å². The zero-order valence-corrected chi connectivity index (χ0v) is 21.4. The van der Waals surface area contributed by atoms with Crippen LogP contribution in [0.3, 0.4) is 0 Å². The second kappa shape index (κ2) is 9.83. The number of nitrogens with zero attached hydrogens (tertiary/aromatic N) is 5. The summed E-state index contributed by atoms with van der Waals surface area (Å²) in [6, 6.07) is 5.72. The van der Waals surface area contributed by atoms with Crippen LogP contribution in [0.2, 0.25) is 0 Å². The fourth-order valence-corrected chi connectivity index (χ4v) is 5.24. The van der Waals surface area contributed by atoms with Gasteiger partial charge in [-0.05, 0) is 67.0 Å². The highest BCUT2D eigenvalue weighted by Gasteiger charge is 2.33. The average molecular weight is 517 g/mol. The van der Waals surface area contributed by atoms with Crippen molar-refractivity contribution in [2.24, 2.45) is 5.41 Å². The van der Waals surface area contributed by atoms with Gasteiger partial charge in [-0.1, -0.05) is 20.3 Å². The van der Waals surface area contributed by atoms with Gasteiger partial charge in [-0.25, -0.2) is 19.3 Å². The quantitative estimate of drug-likeness (QED) is 0.286. The second-order valence-corrected chi connectivity index (χ2v) is 10.8. The van der Waals surface area contributed by atoms with Gasteiger partial charge in [-0.15, -0.1) is 0 Å². The third-order valence-corrected chi connectivity index (χ3v) is 7.70. The summed E-state index contributed by atoms with van der Waals surface area (Å²) in [4.78, 5) is 22.3. The van der Waals surface area contributed by atoms with E-state index in [9.17, 15) is 8.78 Å². The molecule has 1 atom stereocenters. The summed E-state index contributed by atoms with van der Waals surface area (Å²) in [6.07, 6.45) is 9.81. The Hall–Kier alpha value is -3.79. The second-order valence-electron chi connectivity index (χ2n) is 10.8. The molecule has 6 rings (SSSR count). The molecule has 10 heteroatoms. The Morgan fingerprint density at radius 1 is 1.00 bits per heavy atom. The molecular formula is C28H30F2N8. The minimum absolute atomic E-state index is 0.0368. The molecule has 0 aromatic carbocycles. The van der Waals surface area contributed by atoms with E-state index in [1.54, 1.807) is 24.5 Å². The molecule has 38 heavy (non-hydrogen) atoms. The number of anilines is 3. The number of fused-ring (bicyclic) bond motifs is 1. The fourth-order valence-electron chi connectivity index (χ4n) is 5.24. The van der Waals surface area contributed by atoms with Crippen LogP contribution in [0.5, 0.6) is 0 Å². The van der Waals surface area contributed by atoms with Crippen LogP contribution >= 0.6 is 0 Å². The maximum atomic E-state index is 14.2. The van der Waals surface area contributed by atoms with Crippen molar-refractivity contribution in [1.29, 1.82) is 0 Å². The molecule has 8 nitrogen and oxygen atoms in total. The van der Waals surface area contributed by atoms with Gasteiger partial charge in [0.1, 0.15) is 11.6 Å². The zero-order valence-electron chi connectivity index (χ0n) is 21.4. The molecule has 0 spiro atoms. The lowest BCUT2D eigenvalue weighted by atomic mass is 9.78. The Morgan fingerprint density at radius 3 is 2.66 bits per heavy atom. The Kier molecular flexibility index (Phi) is 6.35. The van der Waals surface area contributed by atoms with E-state index in [1.807, 2.05) is 6.20 Å². The van der Waals surface area contributed by atoms with Crippen molar-refractivity contribution in [2.45, 2.75) is 51.5 Å². The summed E-state index contributed by atoms with van der Waals surface area (Å²) in [5, 5.41) is 11.1. The molecule has 5 heterocycles. The normalized spacial score (nSPS) is 19.2. The maximum Gasteiger partial charge on any atom is 0.214 e. The van der Waals surface area contributed by atoms with Crippen molar-refractivity contribution >= 4 is 28.4 Å². The number of nitrogens with one attached hydrogen (secondary N) is 3. The molecule has 0 radical (unpaired) electrons. The molecule has 196 valence electrons. The fraction of sp³-hybridized carbons (Fsp3) is 0.393. The molecule has 4 aromatic rings. The molecule has 1 saturated heterocycles. The van der Waals surface area contributed by atoms with Crippen LogP contribution in [-0.4, -0.2) is 44.1 Å². The van der Waals surface area contributed by atoms with Crippen molar-refractivity contribution in [3.8, 4) is 11.4 Å². The van der Waals surface area contributed by atoms with Crippen molar-refractivity contribution in [1.82, 2.24) is 30.2 Å². The van der Waals surface area contributed by atoms with Crippen LogP contribution in [0.25, 0.3) is 22.3 Å². The number of hydrogen-bond acceptors (Lipinski definition) is 8. The first-order chi connectivity index (χ1) is 18.4. The lowest BCUT2D eigenvalue weighted by molar-refractivity contribution is 0.236. The molecule has 1 aliphatic heterocycles. The van der Waals surface area contributed by atoms with Crippen LogP contribution in [0.1, 0.15) is 51.0 Å². The summed E-state index contributed by atoms with van der Waals surface area (Å²) in [6.45, 7) is 6.38. The Balaban J connectivity index is 1.42. The molecule has 1 unspecified atom stereocenters. The largest absolute Gasteiger partial charge is 0.366 e. The predicted molar refractivity (Wildman–Crippen MR) is 143 cm³/mol. The third-order valence-electron chi connectivity index (χ3n) is 7.70. The van der Waals surface area contributed by atoms with Gasteiger partial charge in [-0.3, -0.25) is 4.98 Å². The van der Waals surface area contributed by atoms with Crippen LogP contribution in [0, 0.1) is 17.2 Å². The topological polar surface area (TPSA) is 101 Å². The van der Waals surface area contributed by atoms with Gasteiger partial charge < -0.3 is 16.0 Å². The van der Waals surface area contributed by atoms with E-state index in [0.717, 1.165) is 61.2 Å². The van der Waals surface area contributed by atoms with Crippen molar-refractivity contribution in [3.63, 3.8) is 0 Å². The molecule has 4 aromatic heterocycles. The first-order valence-electron chi connectivity index (χ1n) is 13.1. The highest BCUT2D eigenvalue weighted by molar-refractivity contribution is 5.93. The van der Waals surface area contributed by atoms with E-state index >= 15 is 0 Å². The molecule has 3 N–H and O–H groups in total. The number of hydrogen-bond donors (Lipinski definition) is 3. The van der Waals surface area contributed by atoms with E-state index in [2.05, 4.69) is 44.7 Å². The van der Waals surface area contributed by atoms with Gasteiger partial charge in [0.25, 0.3) is 0 Å². The van der Waals surface area contributed by atoms with Gasteiger partial charge in [0.15, 0.2) is 17.5 Å². The minimum atomic E-state index is -0.783. The average Bonchev–Trinajstić information content (AvgIpc) is 2.86. The molecular weight excluding hydrogens is 486 g/mol. The van der Waals surface area contributed by atoms with E-state index in [1.165, 1.54) is 12.0 Å². The maximum absolute atomic E-state index is 14.2. The predicted octanol–water partition coefficient (Wildman–Crippen LogP) is 5.57. The van der Waals surface area contributed by atoms with Gasteiger partial charge in [-0.2, -0.15) is 9.37 Å². The van der Waals surface area contributed by atoms with Gasteiger partial charge >= 0.3 is 0 Å². The molecule has 2 fully saturated rings. The molecule has 0 amide bonds. The first kappa shape index (κ1) is 24.5. The van der Waals surface area contributed by atoms with Crippen LogP contribution in [-0.2, 0) is 0 Å². The molecule has 0 bridgehead atoms. The standard InChI is InChI=1S/C28H30F2N8/c1-28(2)15-31-10-9-21(28)35-27-24-18(16-4-3-5-16)13-32-14-20(24)34-25(38-27)17-8-11-33-23(12-17)37-26-19(29)6-7-22(30)36-26/h6-8,11-14,16,21,31H,3-5,9-10,15H2,1-2H3,(H,33,36,37)(H,34,35,38). The molecule has 1 aliphatic carbocycles. The van der Waals surface area contributed by atoms with E-state index in [-0.39, 0.29) is 17.3 Å². The van der Waals surface area contributed by atoms with E-state index < -0.39 is 11.8 Å². The van der Waals surface area contributed by atoms with Crippen molar-refractivity contribution in [2.75, 3.05) is 23.7 Å². The molecule has 1 saturated carbocycles. The SMILES string of the molecule is CC1(C)CNCCC1Nc1nc(-c2ccnc(Nc3nc(F)ccc3F)c2)nc2cncc(C3CCC3)c12. The van der Waals surface area contributed by atoms with Crippen LogP contribution in [0.4, 0.5) is 26.2 Å². The third kappa shape index (κ3) is 4.76. The van der Waals surface area contributed by atoms with E-state index in [0.29, 0.717) is 23.1 Å². The Morgan fingerprint density at radius 2 is 1.87 bits per heavy atom. The Labute approximate surface area is 219 Å². The highest BCUT2D eigenvalue weighted by atomic mass is 19.1. The number of pyridine rings is 3. The number of rotatable bonds is 6. The summed E-state index contributed by atoms with van der Waals surface area (Å²) >= 11 is 0.